The molecule has 0 atom stereocenters. The van der Waals surface area contributed by atoms with Crippen LogP contribution in [0.25, 0.3) is 21.7 Å². The zero-order chi connectivity index (χ0) is 24.3. The molecule has 5 aromatic rings. The molecule has 3 heterocycles. The second-order valence-electron chi connectivity index (χ2n) is 8.75. The van der Waals surface area contributed by atoms with Crippen LogP contribution in [0, 0.1) is 5.82 Å². The number of anilines is 2. The van der Waals surface area contributed by atoms with Crippen LogP contribution in [0.3, 0.4) is 0 Å². The fourth-order valence-electron chi connectivity index (χ4n) is 4.61. The molecule has 1 aliphatic heterocycles. The van der Waals surface area contributed by atoms with Crippen molar-refractivity contribution in [1.82, 2.24) is 14.5 Å². The van der Waals surface area contributed by atoms with Gasteiger partial charge in [-0.2, -0.15) is 10.1 Å². The van der Waals surface area contributed by atoms with Gasteiger partial charge in [-0.1, -0.05) is 54.6 Å². The van der Waals surface area contributed by atoms with Crippen LogP contribution in [-0.4, -0.2) is 47.1 Å². The number of nitrogens with zero attached hydrogens (tertiary/aromatic N) is 5. The van der Waals surface area contributed by atoms with E-state index in [-0.39, 0.29) is 11.8 Å². The first-order valence-electron chi connectivity index (χ1n) is 11.9. The van der Waals surface area contributed by atoms with Crippen molar-refractivity contribution >= 4 is 39.7 Å². The lowest BCUT2D eigenvalue weighted by molar-refractivity contribution is 0.122. The Balaban J connectivity index is 1.24. The van der Waals surface area contributed by atoms with E-state index in [1.54, 1.807) is 6.21 Å². The normalized spacial score (nSPS) is 14.2. The Labute approximate surface area is 207 Å². The molecule has 0 radical (unpaired) electrons. The number of ether oxygens (including phenoxy) is 1. The smallest absolute Gasteiger partial charge is 0.245 e. The summed E-state index contributed by atoms with van der Waals surface area (Å²) in [7, 11) is 0. The van der Waals surface area contributed by atoms with Crippen molar-refractivity contribution in [3.05, 3.63) is 96.1 Å². The van der Waals surface area contributed by atoms with Gasteiger partial charge in [0.15, 0.2) is 11.6 Å². The predicted octanol–water partition coefficient (Wildman–Crippen LogP) is 5.05. The Morgan fingerprint density at radius 2 is 1.81 bits per heavy atom. The molecule has 0 bridgehead atoms. The maximum atomic E-state index is 14.3. The maximum Gasteiger partial charge on any atom is 0.245 e. The predicted molar refractivity (Wildman–Crippen MR) is 141 cm³/mol. The molecule has 6 rings (SSSR count). The minimum atomic E-state index is -0.455. The van der Waals surface area contributed by atoms with Gasteiger partial charge in [0, 0.05) is 42.3 Å². The van der Waals surface area contributed by atoms with Gasteiger partial charge in [-0.25, -0.2) is 14.8 Å². The summed E-state index contributed by atoms with van der Waals surface area (Å²) in [6.07, 6.45) is 5.02. The van der Waals surface area contributed by atoms with Gasteiger partial charge in [-0.3, -0.25) is 0 Å². The van der Waals surface area contributed by atoms with Crippen molar-refractivity contribution in [2.45, 2.75) is 6.54 Å². The minimum Gasteiger partial charge on any atom is -0.378 e. The van der Waals surface area contributed by atoms with E-state index in [0.717, 1.165) is 23.0 Å². The van der Waals surface area contributed by atoms with Crippen molar-refractivity contribution in [3.63, 3.8) is 0 Å². The van der Waals surface area contributed by atoms with Crippen molar-refractivity contribution in [2.24, 2.45) is 5.10 Å². The number of para-hydroxylation sites is 1. The van der Waals surface area contributed by atoms with Crippen LogP contribution in [-0.2, 0) is 11.3 Å². The first-order valence-corrected chi connectivity index (χ1v) is 11.9. The van der Waals surface area contributed by atoms with E-state index in [1.807, 2.05) is 17.0 Å². The fourth-order valence-corrected chi connectivity index (χ4v) is 4.61. The summed E-state index contributed by atoms with van der Waals surface area (Å²) in [4.78, 5) is 10.2. The number of halogens is 1. The summed E-state index contributed by atoms with van der Waals surface area (Å²) < 4.78 is 21.9. The summed E-state index contributed by atoms with van der Waals surface area (Å²) >= 11 is 0. The zero-order valence-corrected chi connectivity index (χ0v) is 19.6. The molecule has 8 heteroatoms. The lowest BCUT2D eigenvalue weighted by atomic mass is 10.1. The third kappa shape index (κ3) is 4.50. The number of fused-ring (bicyclic) bond motifs is 2. The SMILES string of the molecule is Fc1cnc(NN=Cc2cn(Cc3ccc4ccccc4c3)c3ccccc23)nc1N1CCOCC1. The van der Waals surface area contributed by atoms with E-state index in [4.69, 9.17) is 4.74 Å². The molecule has 2 aromatic heterocycles. The van der Waals surface area contributed by atoms with E-state index in [1.165, 1.54) is 22.5 Å². The minimum absolute atomic E-state index is 0.244. The number of aromatic nitrogens is 3. The summed E-state index contributed by atoms with van der Waals surface area (Å²) in [6, 6.07) is 23.2. The van der Waals surface area contributed by atoms with E-state index in [9.17, 15) is 4.39 Å². The number of rotatable bonds is 6. The summed E-state index contributed by atoms with van der Waals surface area (Å²) in [5.74, 6) is 0.0511. The van der Waals surface area contributed by atoms with Crippen LogP contribution < -0.4 is 10.3 Å². The zero-order valence-electron chi connectivity index (χ0n) is 19.6. The molecule has 1 N–H and O–H groups in total. The Hall–Kier alpha value is -4.30. The van der Waals surface area contributed by atoms with Gasteiger partial charge in [0.25, 0.3) is 0 Å². The number of nitrogens with one attached hydrogen (secondary N) is 1. The number of benzene rings is 3. The number of hydrazone groups is 1. The van der Waals surface area contributed by atoms with Crippen LogP contribution in [0.15, 0.2) is 84.2 Å². The molecule has 1 fully saturated rings. The highest BCUT2D eigenvalue weighted by atomic mass is 19.1. The molecule has 0 unspecified atom stereocenters. The lowest BCUT2D eigenvalue weighted by Crippen LogP contribution is -2.37. The second-order valence-corrected chi connectivity index (χ2v) is 8.75. The van der Waals surface area contributed by atoms with Gasteiger partial charge in [0.05, 0.1) is 25.6 Å². The molecule has 0 amide bonds. The fraction of sp³-hybridized carbons (Fsp3) is 0.179. The summed E-state index contributed by atoms with van der Waals surface area (Å²) in [6.45, 7) is 3.03. The van der Waals surface area contributed by atoms with Crippen LogP contribution >= 0.6 is 0 Å². The van der Waals surface area contributed by atoms with Crippen LogP contribution in [0.4, 0.5) is 16.2 Å². The molecule has 1 aliphatic rings. The Morgan fingerprint density at radius 1 is 1.00 bits per heavy atom. The van der Waals surface area contributed by atoms with Crippen LogP contribution in [0.2, 0.25) is 0 Å². The first kappa shape index (κ1) is 22.2. The van der Waals surface area contributed by atoms with Crippen molar-refractivity contribution in [2.75, 3.05) is 36.6 Å². The largest absolute Gasteiger partial charge is 0.378 e. The maximum absolute atomic E-state index is 14.3. The molecule has 0 spiro atoms. The van der Waals surface area contributed by atoms with Crippen molar-refractivity contribution in [1.29, 1.82) is 0 Å². The number of hydrogen-bond acceptors (Lipinski definition) is 6. The standard InChI is InChI=1S/C28H25FN6O/c29-25-17-30-28(32-27(25)34-11-13-36-14-12-34)33-31-16-23-19-35(26-8-4-3-7-24(23)26)18-20-9-10-21-5-1-2-6-22(21)15-20/h1-10,15-17,19H,11-14,18H2,(H,30,32,33). The third-order valence-electron chi connectivity index (χ3n) is 6.39. The number of morpholine rings is 1. The van der Waals surface area contributed by atoms with E-state index < -0.39 is 5.82 Å². The number of hydrogen-bond donors (Lipinski definition) is 1. The van der Waals surface area contributed by atoms with Crippen LogP contribution in [0.5, 0.6) is 0 Å². The molecule has 1 saturated heterocycles. The van der Waals surface area contributed by atoms with Crippen molar-refractivity contribution < 1.29 is 9.13 Å². The molecular weight excluding hydrogens is 455 g/mol. The lowest BCUT2D eigenvalue weighted by Gasteiger charge is -2.27. The van der Waals surface area contributed by atoms with Gasteiger partial charge in [0.1, 0.15) is 0 Å². The van der Waals surface area contributed by atoms with Gasteiger partial charge in [-0.15, -0.1) is 0 Å². The average Bonchev–Trinajstić information content (AvgIpc) is 3.27. The topological polar surface area (TPSA) is 67.6 Å². The van der Waals surface area contributed by atoms with Gasteiger partial charge in [-0.05, 0) is 28.5 Å². The molecule has 3 aromatic carbocycles. The molecule has 0 saturated carbocycles. The van der Waals surface area contributed by atoms with Crippen molar-refractivity contribution in [3.8, 4) is 0 Å². The molecule has 7 nitrogen and oxygen atoms in total. The molecule has 0 aliphatic carbocycles. The Bertz CT molecular complexity index is 1560. The van der Waals surface area contributed by atoms with E-state index in [2.05, 4.69) is 85.9 Å². The highest BCUT2D eigenvalue weighted by Crippen LogP contribution is 2.23. The highest BCUT2D eigenvalue weighted by Gasteiger charge is 2.17. The van der Waals surface area contributed by atoms with Gasteiger partial charge < -0.3 is 14.2 Å². The molecular formula is C28H25FN6O. The summed E-state index contributed by atoms with van der Waals surface area (Å²) in [5, 5.41) is 7.92. The summed E-state index contributed by atoms with van der Waals surface area (Å²) in [5.41, 5.74) is 6.18. The first-order chi connectivity index (χ1) is 17.7. The van der Waals surface area contributed by atoms with Gasteiger partial charge in [0.2, 0.25) is 5.95 Å². The Kier molecular flexibility index (Phi) is 6.01. The quantitative estimate of drug-likeness (QED) is 0.272. The van der Waals surface area contributed by atoms with Crippen LogP contribution in [0.1, 0.15) is 11.1 Å². The van der Waals surface area contributed by atoms with E-state index >= 15 is 0 Å². The Morgan fingerprint density at radius 3 is 2.69 bits per heavy atom. The van der Waals surface area contributed by atoms with Gasteiger partial charge >= 0.3 is 0 Å². The van der Waals surface area contributed by atoms with E-state index in [0.29, 0.717) is 26.3 Å². The molecule has 180 valence electrons. The average molecular weight is 481 g/mol. The highest BCUT2D eigenvalue weighted by molar-refractivity contribution is 5.99. The second kappa shape index (κ2) is 9.75. The monoisotopic (exact) mass is 480 g/mol. The third-order valence-corrected chi connectivity index (χ3v) is 6.39. The molecule has 36 heavy (non-hydrogen) atoms.